The summed E-state index contributed by atoms with van der Waals surface area (Å²) >= 11 is 0. The van der Waals surface area contributed by atoms with Crippen LogP contribution in [0.15, 0.2) is 11.6 Å². The fourth-order valence-electron chi connectivity index (χ4n) is 4.16. The largest absolute Gasteiger partial charge is 0.481 e. The van der Waals surface area contributed by atoms with Crippen LogP contribution < -0.4 is 0 Å². The Balaban J connectivity index is 1.94. The Morgan fingerprint density at radius 1 is 1.41 bits per heavy atom. The van der Waals surface area contributed by atoms with E-state index >= 15 is 0 Å². The normalized spacial score (nSPS) is 46.5. The highest BCUT2D eigenvalue weighted by atomic mass is 16.4. The van der Waals surface area contributed by atoms with Crippen LogP contribution >= 0.6 is 0 Å². The van der Waals surface area contributed by atoms with Gasteiger partial charge in [0.25, 0.3) is 0 Å². The molecular formula is C14H20O3. The summed E-state index contributed by atoms with van der Waals surface area (Å²) in [5.74, 6) is 0.409. The molecule has 2 fully saturated rings. The molecule has 3 nitrogen and oxygen atoms in total. The molecular weight excluding hydrogens is 216 g/mol. The van der Waals surface area contributed by atoms with Crippen molar-refractivity contribution in [2.24, 2.45) is 22.7 Å². The molecule has 2 saturated carbocycles. The smallest absolute Gasteiger partial charge is 0.313 e. The van der Waals surface area contributed by atoms with Crippen LogP contribution in [-0.4, -0.2) is 22.3 Å². The average molecular weight is 236 g/mol. The van der Waals surface area contributed by atoms with Crippen LogP contribution in [0.25, 0.3) is 0 Å². The summed E-state index contributed by atoms with van der Waals surface area (Å²) in [7, 11) is 0. The van der Waals surface area contributed by atoms with Crippen molar-refractivity contribution in [3.63, 3.8) is 0 Å². The second-order valence-corrected chi connectivity index (χ2v) is 6.65. The van der Waals surface area contributed by atoms with Crippen molar-refractivity contribution in [3.8, 4) is 0 Å². The Bertz CT molecular complexity index is 402. The van der Waals surface area contributed by atoms with E-state index < -0.39 is 17.5 Å². The van der Waals surface area contributed by atoms with Crippen LogP contribution in [0, 0.1) is 22.7 Å². The van der Waals surface area contributed by atoms with E-state index in [1.807, 2.05) is 0 Å². The molecule has 94 valence electrons. The number of carboxylic acids is 1. The predicted molar refractivity (Wildman–Crippen MR) is 63.4 cm³/mol. The quantitative estimate of drug-likeness (QED) is 0.723. The van der Waals surface area contributed by atoms with Gasteiger partial charge in [0.2, 0.25) is 0 Å². The third-order valence-corrected chi connectivity index (χ3v) is 5.60. The topological polar surface area (TPSA) is 57.5 Å². The lowest BCUT2D eigenvalue weighted by atomic mass is 9.43. The zero-order valence-corrected chi connectivity index (χ0v) is 10.4. The Morgan fingerprint density at radius 3 is 2.47 bits per heavy atom. The number of aliphatic hydroxyl groups excluding tert-OH is 1. The highest BCUT2D eigenvalue weighted by Gasteiger charge is 2.61. The van der Waals surface area contributed by atoms with E-state index in [1.54, 1.807) is 0 Å². The SMILES string of the molecule is CC1(C)C2CC=C(C3(C(=O)O)CC(O)C3)C1C2. The predicted octanol–water partition coefficient (Wildman–Crippen LogP) is 2.20. The van der Waals surface area contributed by atoms with E-state index in [0.717, 1.165) is 24.3 Å². The Morgan fingerprint density at radius 2 is 2.06 bits per heavy atom. The van der Waals surface area contributed by atoms with Gasteiger partial charge in [0.15, 0.2) is 0 Å². The van der Waals surface area contributed by atoms with E-state index in [2.05, 4.69) is 19.9 Å². The van der Waals surface area contributed by atoms with Gasteiger partial charge >= 0.3 is 5.97 Å². The minimum absolute atomic E-state index is 0.257. The third kappa shape index (κ3) is 1.23. The number of fused-ring (bicyclic) bond motifs is 1. The van der Waals surface area contributed by atoms with Gasteiger partial charge in [-0.25, -0.2) is 0 Å². The fourth-order valence-corrected chi connectivity index (χ4v) is 4.16. The van der Waals surface area contributed by atoms with E-state index in [4.69, 9.17) is 0 Å². The van der Waals surface area contributed by atoms with Crippen LogP contribution in [0.5, 0.6) is 0 Å². The Hall–Kier alpha value is -0.830. The highest BCUT2D eigenvalue weighted by Crippen LogP contribution is 2.65. The van der Waals surface area contributed by atoms with Crippen molar-refractivity contribution in [1.29, 1.82) is 0 Å². The molecule has 0 aromatic rings. The maximum atomic E-state index is 11.6. The summed E-state index contributed by atoms with van der Waals surface area (Å²) in [6.45, 7) is 4.51. The van der Waals surface area contributed by atoms with E-state index in [0.29, 0.717) is 18.8 Å². The molecule has 0 aromatic heterocycles. The maximum absolute atomic E-state index is 11.6. The molecule has 0 heterocycles. The maximum Gasteiger partial charge on any atom is 0.313 e. The number of aliphatic hydroxyl groups is 1. The monoisotopic (exact) mass is 236 g/mol. The number of hydrogen-bond acceptors (Lipinski definition) is 2. The lowest BCUT2D eigenvalue weighted by Gasteiger charge is -2.61. The molecule has 0 saturated heterocycles. The molecule has 4 rings (SSSR count). The molecule has 2 bridgehead atoms. The highest BCUT2D eigenvalue weighted by molar-refractivity contribution is 5.80. The molecule has 0 radical (unpaired) electrons. The van der Waals surface area contributed by atoms with Gasteiger partial charge in [-0.3, -0.25) is 4.79 Å². The molecule has 4 aliphatic carbocycles. The Labute approximate surface area is 102 Å². The van der Waals surface area contributed by atoms with Crippen LogP contribution in [0.2, 0.25) is 0 Å². The molecule has 0 amide bonds. The summed E-state index contributed by atoms with van der Waals surface area (Å²) in [5, 5.41) is 19.0. The first-order valence-electron chi connectivity index (χ1n) is 6.50. The van der Waals surface area contributed by atoms with Crippen molar-refractivity contribution in [3.05, 3.63) is 11.6 Å². The van der Waals surface area contributed by atoms with Crippen LogP contribution in [0.4, 0.5) is 0 Å². The van der Waals surface area contributed by atoms with Gasteiger partial charge < -0.3 is 10.2 Å². The zero-order chi connectivity index (χ0) is 12.4. The number of carbonyl (C=O) groups is 1. The lowest BCUT2D eigenvalue weighted by Crippen LogP contribution is -2.57. The summed E-state index contributed by atoms with van der Waals surface area (Å²) in [6.07, 6.45) is 4.71. The fraction of sp³-hybridized carbons (Fsp3) is 0.786. The van der Waals surface area contributed by atoms with Crippen molar-refractivity contribution < 1.29 is 15.0 Å². The minimum atomic E-state index is -0.743. The number of rotatable bonds is 2. The van der Waals surface area contributed by atoms with Crippen molar-refractivity contribution in [2.75, 3.05) is 0 Å². The van der Waals surface area contributed by atoms with E-state index in [9.17, 15) is 15.0 Å². The second-order valence-electron chi connectivity index (χ2n) is 6.65. The van der Waals surface area contributed by atoms with Crippen LogP contribution in [0.3, 0.4) is 0 Å². The zero-order valence-electron chi connectivity index (χ0n) is 10.4. The molecule has 2 N–H and O–H groups in total. The molecule has 0 aliphatic heterocycles. The number of aliphatic carboxylic acids is 1. The van der Waals surface area contributed by atoms with Gasteiger partial charge in [-0.05, 0) is 42.9 Å². The van der Waals surface area contributed by atoms with E-state index in [-0.39, 0.29) is 5.41 Å². The van der Waals surface area contributed by atoms with Crippen molar-refractivity contribution in [2.45, 2.75) is 45.6 Å². The van der Waals surface area contributed by atoms with Gasteiger partial charge in [-0.1, -0.05) is 25.5 Å². The van der Waals surface area contributed by atoms with Crippen molar-refractivity contribution >= 4 is 5.97 Å². The van der Waals surface area contributed by atoms with Gasteiger partial charge in [0, 0.05) is 0 Å². The summed E-state index contributed by atoms with van der Waals surface area (Å²) in [4.78, 5) is 11.6. The first-order chi connectivity index (χ1) is 7.88. The van der Waals surface area contributed by atoms with Gasteiger partial charge in [-0.2, -0.15) is 0 Å². The molecule has 0 aromatic carbocycles. The van der Waals surface area contributed by atoms with Gasteiger partial charge in [0.1, 0.15) is 0 Å². The van der Waals surface area contributed by atoms with Crippen molar-refractivity contribution in [1.82, 2.24) is 0 Å². The number of allylic oxidation sites excluding steroid dienone is 1. The lowest BCUT2D eigenvalue weighted by molar-refractivity contribution is -0.162. The molecule has 2 atom stereocenters. The molecule has 0 spiro atoms. The third-order valence-electron chi connectivity index (χ3n) is 5.60. The number of carboxylic acid groups (broad SMARTS) is 1. The van der Waals surface area contributed by atoms with Crippen LogP contribution in [0.1, 0.15) is 39.5 Å². The van der Waals surface area contributed by atoms with E-state index in [1.165, 1.54) is 0 Å². The first-order valence-corrected chi connectivity index (χ1v) is 6.50. The number of hydrogen-bond donors (Lipinski definition) is 2. The van der Waals surface area contributed by atoms with Gasteiger partial charge in [0.05, 0.1) is 11.5 Å². The molecule has 2 unspecified atom stereocenters. The average Bonchev–Trinajstić information content (AvgIpc) is 2.23. The second kappa shape index (κ2) is 3.14. The van der Waals surface area contributed by atoms with Gasteiger partial charge in [-0.15, -0.1) is 0 Å². The minimum Gasteiger partial charge on any atom is -0.481 e. The first kappa shape index (κ1) is 11.3. The van der Waals surface area contributed by atoms with Crippen LogP contribution in [-0.2, 0) is 4.79 Å². The standard InChI is InChI=1S/C14H20O3/c1-13(2)8-3-4-10(11(13)5-8)14(12(16)17)6-9(15)7-14/h4,8-9,11,15H,3,5-7H2,1-2H3,(H,16,17). The molecule has 3 heteroatoms. The Kier molecular flexibility index (Phi) is 2.08. The summed E-state index contributed by atoms with van der Waals surface area (Å²) in [5.41, 5.74) is 0.627. The molecule has 17 heavy (non-hydrogen) atoms. The molecule has 4 aliphatic rings. The summed E-state index contributed by atoms with van der Waals surface area (Å²) in [6, 6.07) is 0. The summed E-state index contributed by atoms with van der Waals surface area (Å²) < 4.78 is 0.